The molecular formula is C64H42N4. The molecule has 0 atom stereocenters. The Balaban J connectivity index is 1.13. The second kappa shape index (κ2) is 16.4. The molecule has 0 aliphatic rings. The van der Waals surface area contributed by atoms with Gasteiger partial charge in [0.1, 0.15) is 0 Å². The first-order valence-electron chi connectivity index (χ1n) is 23.2. The molecule has 0 radical (unpaired) electrons. The third-order valence-corrected chi connectivity index (χ3v) is 13.4. The highest BCUT2D eigenvalue weighted by molar-refractivity contribution is 6.13. The molecule has 3 aromatic heterocycles. The van der Waals surface area contributed by atoms with E-state index in [4.69, 9.17) is 9.97 Å². The molecule has 68 heavy (non-hydrogen) atoms. The normalized spacial score (nSPS) is 11.5. The van der Waals surface area contributed by atoms with Crippen LogP contribution in [0, 0.1) is 0 Å². The number of nitrogens with zero attached hydrogens (tertiary/aromatic N) is 4. The summed E-state index contributed by atoms with van der Waals surface area (Å²) in [5, 5.41) is 4.78. The summed E-state index contributed by atoms with van der Waals surface area (Å²) in [5.41, 5.74) is 18.2. The van der Waals surface area contributed by atoms with Crippen LogP contribution in [0.15, 0.2) is 255 Å². The molecule has 0 saturated heterocycles. The SMILES string of the molecule is c1ccc(-c2ccc3c(c2)c2ccccc2n3-c2ccccc2-c2c(-c3nc(-c4ccccc4)cc(-c4ccccc4)n3)cccc2-n2c3ccccc3c3cc(-c4ccccc4)ccc32)cc1. The standard InChI is InChI=1S/C64H42N4/c1-5-20-43(21-6-1)47-36-38-60-53(40-47)49-28-13-16-32-57(49)67(60)59-34-18-15-30-51(59)63-52(64-65-55(45-24-9-3-10-25-45)42-56(66-64)46-26-11-4-12-27-46)31-19-35-62(63)68-58-33-17-14-29-50(58)54-41-48(37-39-61(54)68)44-22-7-2-8-23-44/h1-42H. The average molecular weight is 867 g/mol. The zero-order valence-electron chi connectivity index (χ0n) is 37.0. The van der Waals surface area contributed by atoms with Gasteiger partial charge in [-0.05, 0) is 76.9 Å². The van der Waals surface area contributed by atoms with E-state index >= 15 is 0 Å². The van der Waals surface area contributed by atoms with Crippen LogP contribution in [0.25, 0.3) is 122 Å². The number of hydrogen-bond donors (Lipinski definition) is 0. The summed E-state index contributed by atoms with van der Waals surface area (Å²) in [6.07, 6.45) is 0. The second-order valence-electron chi connectivity index (χ2n) is 17.3. The lowest BCUT2D eigenvalue weighted by Crippen LogP contribution is -2.04. The number of hydrogen-bond acceptors (Lipinski definition) is 2. The first-order valence-corrected chi connectivity index (χ1v) is 23.2. The van der Waals surface area contributed by atoms with Crippen molar-refractivity contribution in [3.8, 4) is 78.7 Å². The van der Waals surface area contributed by atoms with Crippen molar-refractivity contribution in [1.29, 1.82) is 0 Å². The van der Waals surface area contributed by atoms with Gasteiger partial charge in [-0.3, -0.25) is 0 Å². The van der Waals surface area contributed by atoms with Gasteiger partial charge in [-0.1, -0.05) is 200 Å². The molecule has 3 heterocycles. The second-order valence-corrected chi connectivity index (χ2v) is 17.3. The quantitative estimate of drug-likeness (QED) is 0.153. The van der Waals surface area contributed by atoms with Gasteiger partial charge < -0.3 is 9.13 Å². The fourth-order valence-electron chi connectivity index (χ4n) is 10.2. The smallest absolute Gasteiger partial charge is 0.161 e. The largest absolute Gasteiger partial charge is 0.309 e. The fourth-order valence-corrected chi connectivity index (χ4v) is 10.2. The highest BCUT2D eigenvalue weighted by Gasteiger charge is 2.25. The molecule has 13 aromatic rings. The van der Waals surface area contributed by atoms with Crippen LogP contribution in [0.5, 0.6) is 0 Å². The van der Waals surface area contributed by atoms with Crippen LogP contribution in [0.1, 0.15) is 0 Å². The van der Waals surface area contributed by atoms with Crippen LogP contribution < -0.4 is 0 Å². The summed E-state index contributed by atoms with van der Waals surface area (Å²) in [5.74, 6) is 0.652. The van der Waals surface area contributed by atoms with Crippen molar-refractivity contribution in [1.82, 2.24) is 19.1 Å². The van der Waals surface area contributed by atoms with Crippen LogP contribution in [0.4, 0.5) is 0 Å². The van der Waals surface area contributed by atoms with Gasteiger partial charge in [0, 0.05) is 49.4 Å². The Kier molecular flexibility index (Phi) is 9.47. The number of aromatic nitrogens is 4. The minimum absolute atomic E-state index is 0.652. The molecule has 0 aliphatic heterocycles. The van der Waals surface area contributed by atoms with Gasteiger partial charge in [-0.25, -0.2) is 9.97 Å². The van der Waals surface area contributed by atoms with Crippen LogP contribution >= 0.6 is 0 Å². The molecule has 0 N–H and O–H groups in total. The Labute approximate surface area is 394 Å². The summed E-state index contributed by atoms with van der Waals surface area (Å²) in [6, 6.07) is 91.2. The van der Waals surface area contributed by atoms with E-state index in [1.54, 1.807) is 0 Å². The first kappa shape index (κ1) is 39.3. The first-order chi connectivity index (χ1) is 33.7. The summed E-state index contributed by atoms with van der Waals surface area (Å²) >= 11 is 0. The predicted octanol–water partition coefficient (Wildman–Crippen LogP) is 16.7. The lowest BCUT2D eigenvalue weighted by molar-refractivity contribution is 1.15. The van der Waals surface area contributed by atoms with Crippen molar-refractivity contribution in [3.63, 3.8) is 0 Å². The maximum Gasteiger partial charge on any atom is 0.161 e. The topological polar surface area (TPSA) is 35.6 Å². The molecule has 0 amide bonds. The molecule has 318 valence electrons. The van der Waals surface area contributed by atoms with Gasteiger partial charge in [0.25, 0.3) is 0 Å². The molecule has 0 unspecified atom stereocenters. The van der Waals surface area contributed by atoms with E-state index < -0.39 is 0 Å². The van der Waals surface area contributed by atoms with Gasteiger partial charge in [0.15, 0.2) is 5.82 Å². The van der Waals surface area contributed by atoms with E-state index in [-0.39, 0.29) is 0 Å². The molecule has 10 aromatic carbocycles. The van der Waals surface area contributed by atoms with Crippen molar-refractivity contribution in [2.24, 2.45) is 0 Å². The highest BCUT2D eigenvalue weighted by Crippen LogP contribution is 2.45. The van der Waals surface area contributed by atoms with E-state index in [0.29, 0.717) is 5.82 Å². The van der Waals surface area contributed by atoms with Crippen LogP contribution in [-0.2, 0) is 0 Å². The van der Waals surface area contributed by atoms with Crippen LogP contribution in [-0.4, -0.2) is 19.1 Å². The summed E-state index contributed by atoms with van der Waals surface area (Å²) < 4.78 is 4.90. The van der Waals surface area contributed by atoms with E-state index in [9.17, 15) is 0 Å². The van der Waals surface area contributed by atoms with Crippen molar-refractivity contribution < 1.29 is 0 Å². The molecule has 0 bridgehead atoms. The summed E-state index contributed by atoms with van der Waals surface area (Å²) in [4.78, 5) is 11.0. The predicted molar refractivity (Wildman–Crippen MR) is 283 cm³/mol. The van der Waals surface area contributed by atoms with Crippen molar-refractivity contribution in [3.05, 3.63) is 255 Å². The average Bonchev–Trinajstić information content (AvgIpc) is 3.93. The molecule has 0 spiro atoms. The number of para-hydroxylation sites is 3. The van der Waals surface area contributed by atoms with Gasteiger partial charge in [-0.15, -0.1) is 0 Å². The van der Waals surface area contributed by atoms with Gasteiger partial charge in [0.2, 0.25) is 0 Å². The van der Waals surface area contributed by atoms with Crippen LogP contribution in [0.2, 0.25) is 0 Å². The molecular weight excluding hydrogens is 825 g/mol. The highest BCUT2D eigenvalue weighted by atomic mass is 15.0. The number of fused-ring (bicyclic) bond motifs is 6. The van der Waals surface area contributed by atoms with Crippen molar-refractivity contribution >= 4 is 43.6 Å². The van der Waals surface area contributed by atoms with Gasteiger partial charge in [0.05, 0.1) is 44.8 Å². The van der Waals surface area contributed by atoms with E-state index in [1.165, 1.54) is 43.8 Å². The third-order valence-electron chi connectivity index (χ3n) is 13.4. The lowest BCUT2D eigenvalue weighted by Gasteiger charge is -2.21. The van der Waals surface area contributed by atoms with Gasteiger partial charge in [-0.2, -0.15) is 0 Å². The summed E-state index contributed by atoms with van der Waals surface area (Å²) in [7, 11) is 0. The van der Waals surface area contributed by atoms with Crippen LogP contribution in [0.3, 0.4) is 0 Å². The lowest BCUT2D eigenvalue weighted by atomic mass is 9.94. The molecule has 0 saturated carbocycles. The number of rotatable bonds is 8. The summed E-state index contributed by atoms with van der Waals surface area (Å²) in [6.45, 7) is 0. The third kappa shape index (κ3) is 6.61. The Hall–Kier alpha value is -9.12. The Bertz CT molecular complexity index is 3940. The Morgan fingerprint density at radius 3 is 1.18 bits per heavy atom. The zero-order chi connectivity index (χ0) is 45.0. The molecule has 4 nitrogen and oxygen atoms in total. The minimum atomic E-state index is 0.652. The van der Waals surface area contributed by atoms with Crippen molar-refractivity contribution in [2.75, 3.05) is 0 Å². The van der Waals surface area contributed by atoms with Gasteiger partial charge >= 0.3 is 0 Å². The van der Waals surface area contributed by atoms with Crippen molar-refractivity contribution in [2.45, 2.75) is 0 Å². The van der Waals surface area contributed by atoms with E-state index in [2.05, 4.69) is 252 Å². The molecule has 0 fully saturated rings. The minimum Gasteiger partial charge on any atom is -0.309 e. The zero-order valence-corrected chi connectivity index (χ0v) is 37.0. The maximum absolute atomic E-state index is 5.48. The Morgan fingerprint density at radius 2 is 0.647 bits per heavy atom. The maximum atomic E-state index is 5.48. The number of benzene rings is 10. The molecule has 13 rings (SSSR count). The molecule has 0 aliphatic carbocycles. The monoisotopic (exact) mass is 866 g/mol. The van der Waals surface area contributed by atoms with E-state index in [0.717, 1.165) is 72.6 Å². The Morgan fingerprint density at radius 1 is 0.250 bits per heavy atom. The molecule has 4 heteroatoms. The van der Waals surface area contributed by atoms with E-state index in [1.807, 2.05) is 12.1 Å². The fraction of sp³-hybridized carbons (Fsp3) is 0.